The minimum Gasteiger partial charge on any atom is -0.361 e. The van der Waals surface area contributed by atoms with Crippen LogP contribution in [0.2, 0.25) is 0 Å². The Morgan fingerprint density at radius 2 is 2.12 bits per heavy atom. The minimum absolute atomic E-state index is 0.181. The summed E-state index contributed by atoms with van der Waals surface area (Å²) in [6, 6.07) is 14.9. The van der Waals surface area contributed by atoms with Gasteiger partial charge in [0, 0.05) is 35.1 Å². The topological polar surface area (TPSA) is 36.1 Å². The molecule has 1 atom stereocenters. The van der Waals surface area contributed by atoms with Crippen LogP contribution in [0.5, 0.6) is 0 Å². The lowest BCUT2D eigenvalue weighted by Crippen LogP contribution is -2.26. The van der Waals surface area contributed by atoms with Crippen LogP contribution in [0.1, 0.15) is 39.9 Å². The number of nitrogens with one attached hydrogen (secondary N) is 1. The SMILES string of the molecule is Cc1cccc(C(=O)Cc2ccc3[nH]cc(CC4CCCN4C)c3c2)c1. The number of Topliss-reactive ketones (excluding diaryl/α,β-unsaturated/α-hetero) is 1. The Labute approximate surface area is 155 Å². The Morgan fingerprint density at radius 1 is 1.23 bits per heavy atom. The zero-order valence-corrected chi connectivity index (χ0v) is 15.6. The number of rotatable bonds is 5. The Morgan fingerprint density at radius 3 is 2.88 bits per heavy atom. The number of aromatic amines is 1. The molecule has 3 nitrogen and oxygen atoms in total. The summed E-state index contributed by atoms with van der Waals surface area (Å²) < 4.78 is 0. The van der Waals surface area contributed by atoms with Crippen LogP contribution in [0, 0.1) is 6.92 Å². The molecule has 0 bridgehead atoms. The number of aryl methyl sites for hydroxylation is 1. The molecule has 3 aromatic rings. The molecule has 3 heteroatoms. The summed E-state index contributed by atoms with van der Waals surface area (Å²) in [7, 11) is 2.22. The lowest BCUT2D eigenvalue weighted by molar-refractivity contribution is 0.0993. The zero-order chi connectivity index (χ0) is 18.1. The number of H-pyrrole nitrogens is 1. The first-order valence-electron chi connectivity index (χ1n) is 9.49. The number of ketones is 1. The van der Waals surface area contributed by atoms with E-state index in [9.17, 15) is 4.79 Å². The van der Waals surface area contributed by atoms with Crippen molar-refractivity contribution < 1.29 is 4.79 Å². The molecule has 2 aromatic carbocycles. The number of hydrogen-bond donors (Lipinski definition) is 1. The van der Waals surface area contributed by atoms with Crippen LogP contribution >= 0.6 is 0 Å². The Kier molecular flexibility index (Phi) is 4.64. The van der Waals surface area contributed by atoms with Gasteiger partial charge in [0.25, 0.3) is 0 Å². The molecule has 2 heterocycles. The summed E-state index contributed by atoms with van der Waals surface area (Å²) in [5.41, 5.74) is 5.53. The van der Waals surface area contributed by atoms with E-state index >= 15 is 0 Å². The first-order chi connectivity index (χ1) is 12.6. The molecule has 134 valence electrons. The monoisotopic (exact) mass is 346 g/mol. The summed E-state index contributed by atoms with van der Waals surface area (Å²) in [6.07, 6.45) is 6.23. The first kappa shape index (κ1) is 17.0. The molecule has 0 aliphatic carbocycles. The predicted octanol–water partition coefficient (Wildman–Crippen LogP) is 4.54. The van der Waals surface area contributed by atoms with Gasteiger partial charge in [-0.05, 0) is 69.1 Å². The van der Waals surface area contributed by atoms with E-state index in [-0.39, 0.29) is 5.78 Å². The summed E-state index contributed by atoms with van der Waals surface area (Å²) >= 11 is 0. The fraction of sp³-hybridized carbons (Fsp3) is 0.348. The first-order valence-corrected chi connectivity index (χ1v) is 9.49. The lowest BCUT2D eigenvalue weighted by Gasteiger charge is -2.18. The number of benzene rings is 2. The van der Waals surface area contributed by atoms with Crippen molar-refractivity contribution in [3.63, 3.8) is 0 Å². The number of nitrogens with zero attached hydrogens (tertiary/aromatic N) is 1. The van der Waals surface area contributed by atoms with Crippen molar-refractivity contribution >= 4 is 16.7 Å². The summed E-state index contributed by atoms with van der Waals surface area (Å²) in [4.78, 5) is 18.5. The highest BCUT2D eigenvalue weighted by molar-refractivity contribution is 5.98. The number of carbonyl (C=O) groups is 1. The molecule has 1 aliphatic heterocycles. The lowest BCUT2D eigenvalue weighted by atomic mass is 9.98. The molecule has 1 saturated heterocycles. The van der Waals surface area contributed by atoms with Crippen molar-refractivity contribution in [1.29, 1.82) is 0 Å². The van der Waals surface area contributed by atoms with Crippen molar-refractivity contribution in [2.24, 2.45) is 0 Å². The van der Waals surface area contributed by atoms with Gasteiger partial charge in [0.1, 0.15) is 0 Å². The van der Waals surface area contributed by atoms with Crippen molar-refractivity contribution in [1.82, 2.24) is 9.88 Å². The second-order valence-corrected chi connectivity index (χ2v) is 7.64. The normalized spacial score (nSPS) is 17.8. The number of aromatic nitrogens is 1. The molecular formula is C23H26N2O. The van der Waals surface area contributed by atoms with E-state index in [2.05, 4.69) is 41.3 Å². The van der Waals surface area contributed by atoms with Gasteiger partial charge in [0.15, 0.2) is 5.78 Å². The van der Waals surface area contributed by atoms with Crippen molar-refractivity contribution in [3.8, 4) is 0 Å². The van der Waals surface area contributed by atoms with E-state index in [4.69, 9.17) is 0 Å². The van der Waals surface area contributed by atoms with Crippen LogP contribution in [-0.2, 0) is 12.8 Å². The van der Waals surface area contributed by atoms with Crippen molar-refractivity contribution in [3.05, 3.63) is 70.9 Å². The van der Waals surface area contributed by atoms with Gasteiger partial charge in [-0.1, -0.05) is 29.8 Å². The molecular weight excluding hydrogens is 320 g/mol. The van der Waals surface area contributed by atoms with E-state index in [0.717, 1.165) is 28.6 Å². The maximum atomic E-state index is 12.6. The Hall–Kier alpha value is -2.39. The second kappa shape index (κ2) is 7.08. The van der Waals surface area contributed by atoms with Crippen molar-refractivity contribution in [2.45, 2.75) is 38.6 Å². The third-order valence-electron chi connectivity index (χ3n) is 5.66. The highest BCUT2D eigenvalue weighted by Gasteiger charge is 2.22. The molecule has 0 saturated carbocycles. The quantitative estimate of drug-likeness (QED) is 0.689. The molecule has 0 spiro atoms. The predicted molar refractivity (Wildman–Crippen MR) is 107 cm³/mol. The van der Waals surface area contributed by atoms with Crippen LogP contribution in [-0.4, -0.2) is 35.3 Å². The molecule has 0 radical (unpaired) electrons. The third-order valence-corrected chi connectivity index (χ3v) is 5.66. The maximum Gasteiger partial charge on any atom is 0.167 e. The molecule has 1 fully saturated rings. The number of fused-ring (bicyclic) bond motifs is 1. The maximum absolute atomic E-state index is 12.6. The highest BCUT2D eigenvalue weighted by atomic mass is 16.1. The number of likely N-dealkylation sites (tertiary alicyclic amines) is 1. The average molecular weight is 346 g/mol. The molecule has 0 amide bonds. The van der Waals surface area contributed by atoms with Gasteiger partial charge >= 0.3 is 0 Å². The minimum atomic E-state index is 0.181. The van der Waals surface area contributed by atoms with E-state index in [1.54, 1.807) is 0 Å². The standard InChI is InChI=1S/C23H26N2O/c1-16-5-3-6-18(11-16)23(26)13-17-8-9-22-21(12-17)19(15-24-22)14-20-7-4-10-25(20)2/h3,5-6,8-9,11-12,15,20,24H,4,7,10,13-14H2,1-2H3. The second-order valence-electron chi connectivity index (χ2n) is 7.64. The average Bonchev–Trinajstić information content (AvgIpc) is 3.22. The largest absolute Gasteiger partial charge is 0.361 e. The van der Waals surface area contributed by atoms with Gasteiger partial charge in [-0.3, -0.25) is 4.79 Å². The Balaban J connectivity index is 1.56. The molecule has 1 aromatic heterocycles. The molecule has 1 N–H and O–H groups in total. The molecule has 26 heavy (non-hydrogen) atoms. The molecule has 1 unspecified atom stereocenters. The van der Waals surface area contributed by atoms with Gasteiger partial charge in [0.05, 0.1) is 0 Å². The van der Waals surface area contributed by atoms with Gasteiger partial charge in [-0.25, -0.2) is 0 Å². The number of hydrogen-bond acceptors (Lipinski definition) is 2. The summed E-state index contributed by atoms with van der Waals surface area (Å²) in [5, 5.41) is 1.26. The van der Waals surface area contributed by atoms with Gasteiger partial charge < -0.3 is 9.88 Å². The van der Waals surface area contributed by atoms with E-state index in [1.807, 2.05) is 31.2 Å². The fourth-order valence-electron chi connectivity index (χ4n) is 4.10. The van der Waals surface area contributed by atoms with Gasteiger partial charge in [0.2, 0.25) is 0 Å². The van der Waals surface area contributed by atoms with Crippen LogP contribution in [0.3, 0.4) is 0 Å². The molecule has 1 aliphatic rings. The van der Waals surface area contributed by atoms with Crippen LogP contribution < -0.4 is 0 Å². The van der Waals surface area contributed by atoms with E-state index in [1.165, 1.54) is 30.3 Å². The van der Waals surface area contributed by atoms with Crippen LogP contribution in [0.4, 0.5) is 0 Å². The van der Waals surface area contributed by atoms with Gasteiger partial charge in [-0.2, -0.15) is 0 Å². The van der Waals surface area contributed by atoms with Gasteiger partial charge in [-0.15, -0.1) is 0 Å². The molecule has 4 rings (SSSR count). The third kappa shape index (κ3) is 3.45. The highest BCUT2D eigenvalue weighted by Crippen LogP contribution is 2.26. The van der Waals surface area contributed by atoms with E-state index in [0.29, 0.717) is 12.5 Å². The summed E-state index contributed by atoms with van der Waals surface area (Å²) in [5.74, 6) is 0.181. The smallest absolute Gasteiger partial charge is 0.167 e. The number of likely N-dealkylation sites (N-methyl/N-ethyl adjacent to an activating group) is 1. The number of carbonyl (C=O) groups excluding carboxylic acids is 1. The Bertz CT molecular complexity index is 940. The zero-order valence-electron chi connectivity index (χ0n) is 15.6. The fourth-order valence-corrected chi connectivity index (χ4v) is 4.10. The summed E-state index contributed by atoms with van der Waals surface area (Å²) in [6.45, 7) is 3.22. The van der Waals surface area contributed by atoms with Crippen LogP contribution in [0.15, 0.2) is 48.7 Å². The van der Waals surface area contributed by atoms with E-state index < -0.39 is 0 Å². The van der Waals surface area contributed by atoms with Crippen LogP contribution in [0.25, 0.3) is 10.9 Å². The van der Waals surface area contributed by atoms with Crippen molar-refractivity contribution in [2.75, 3.05) is 13.6 Å².